The molecule has 1 aliphatic rings. The second-order valence-electron chi connectivity index (χ2n) is 5.26. The molecule has 0 aromatic heterocycles. The van der Waals surface area contributed by atoms with E-state index in [-0.39, 0.29) is 0 Å². The molecule has 2 atom stereocenters. The van der Waals surface area contributed by atoms with E-state index in [1.165, 1.54) is 24.8 Å². The van der Waals surface area contributed by atoms with Crippen LogP contribution in [0.4, 0.5) is 0 Å². The molecule has 0 spiro atoms. The van der Waals surface area contributed by atoms with Gasteiger partial charge in [-0.1, -0.05) is 31.0 Å². The topological polar surface area (TPSA) is 41.5 Å². The molecule has 1 aromatic carbocycles. The van der Waals surface area contributed by atoms with Gasteiger partial charge in [-0.15, -0.1) is 0 Å². The van der Waals surface area contributed by atoms with Crippen molar-refractivity contribution in [1.82, 2.24) is 5.32 Å². The van der Waals surface area contributed by atoms with Gasteiger partial charge in [0.15, 0.2) is 0 Å². The van der Waals surface area contributed by atoms with Gasteiger partial charge in [-0.25, -0.2) is 0 Å². The highest BCUT2D eigenvalue weighted by Gasteiger charge is 2.23. The van der Waals surface area contributed by atoms with Crippen LogP contribution in [-0.2, 0) is 6.54 Å². The van der Waals surface area contributed by atoms with Crippen molar-refractivity contribution in [1.29, 1.82) is 0 Å². The summed E-state index contributed by atoms with van der Waals surface area (Å²) in [7, 11) is 0. The minimum Gasteiger partial charge on any atom is -0.494 e. The molecule has 0 saturated heterocycles. The summed E-state index contributed by atoms with van der Waals surface area (Å²) in [6, 6.07) is 8.61. The maximum absolute atomic E-state index is 9.43. The molecule has 106 valence electrons. The molecule has 0 radical (unpaired) electrons. The van der Waals surface area contributed by atoms with Crippen molar-refractivity contribution in [3.8, 4) is 5.75 Å². The lowest BCUT2D eigenvalue weighted by molar-refractivity contribution is 0.152. The first-order chi connectivity index (χ1) is 9.35. The molecule has 0 bridgehead atoms. The van der Waals surface area contributed by atoms with Gasteiger partial charge in [-0.2, -0.15) is 0 Å². The first kappa shape index (κ1) is 14.4. The molecule has 2 N–H and O–H groups in total. The van der Waals surface area contributed by atoms with Crippen LogP contribution in [0, 0.1) is 5.92 Å². The molecule has 1 saturated carbocycles. The van der Waals surface area contributed by atoms with Gasteiger partial charge in [0.05, 0.1) is 6.61 Å². The zero-order valence-corrected chi connectivity index (χ0v) is 11.8. The third-order valence-corrected chi connectivity index (χ3v) is 3.97. The fraction of sp³-hybridized carbons (Fsp3) is 0.625. The van der Waals surface area contributed by atoms with Crippen LogP contribution in [0.25, 0.3) is 0 Å². The number of benzene rings is 1. The van der Waals surface area contributed by atoms with Crippen LogP contribution in [0.5, 0.6) is 5.75 Å². The molecule has 19 heavy (non-hydrogen) atoms. The van der Waals surface area contributed by atoms with E-state index in [2.05, 4.69) is 11.4 Å². The Morgan fingerprint density at radius 2 is 2.05 bits per heavy atom. The van der Waals surface area contributed by atoms with Crippen molar-refractivity contribution >= 4 is 0 Å². The Morgan fingerprint density at radius 1 is 1.26 bits per heavy atom. The summed E-state index contributed by atoms with van der Waals surface area (Å²) < 4.78 is 5.64. The summed E-state index contributed by atoms with van der Waals surface area (Å²) in [6.45, 7) is 3.81. The number of hydrogen-bond donors (Lipinski definition) is 2. The van der Waals surface area contributed by atoms with Crippen LogP contribution < -0.4 is 10.1 Å². The minimum absolute atomic E-state index is 0.296. The van der Waals surface area contributed by atoms with Gasteiger partial charge in [0.25, 0.3) is 0 Å². The maximum Gasteiger partial charge on any atom is 0.123 e. The lowest BCUT2D eigenvalue weighted by Gasteiger charge is -2.31. The SMILES string of the molecule is CCOc1ccccc1CNC1CCCCC1CO. The molecule has 0 aliphatic heterocycles. The van der Waals surface area contributed by atoms with Gasteiger partial charge < -0.3 is 15.2 Å². The number of rotatable bonds is 6. The molecular formula is C16H25NO2. The Hall–Kier alpha value is -1.06. The molecule has 1 aliphatic carbocycles. The third-order valence-electron chi connectivity index (χ3n) is 3.97. The summed E-state index contributed by atoms with van der Waals surface area (Å²) in [5, 5.41) is 13.0. The summed E-state index contributed by atoms with van der Waals surface area (Å²) >= 11 is 0. The largest absolute Gasteiger partial charge is 0.494 e. The Kier molecular flexibility index (Phi) is 5.67. The third kappa shape index (κ3) is 3.95. The first-order valence-electron chi connectivity index (χ1n) is 7.40. The second kappa shape index (κ2) is 7.51. The second-order valence-corrected chi connectivity index (χ2v) is 5.26. The van der Waals surface area contributed by atoms with Gasteiger partial charge in [0, 0.05) is 24.8 Å². The van der Waals surface area contributed by atoms with Crippen LogP contribution in [-0.4, -0.2) is 24.4 Å². The van der Waals surface area contributed by atoms with Crippen LogP contribution in [0.2, 0.25) is 0 Å². The number of aliphatic hydroxyl groups excluding tert-OH is 1. The Morgan fingerprint density at radius 3 is 2.84 bits per heavy atom. The number of hydrogen-bond acceptors (Lipinski definition) is 3. The van der Waals surface area contributed by atoms with E-state index in [1.807, 2.05) is 25.1 Å². The van der Waals surface area contributed by atoms with E-state index in [0.29, 0.717) is 25.2 Å². The Labute approximate surface area is 116 Å². The van der Waals surface area contributed by atoms with Crippen LogP contribution in [0.15, 0.2) is 24.3 Å². The lowest BCUT2D eigenvalue weighted by atomic mass is 9.85. The number of aliphatic hydroxyl groups is 1. The zero-order valence-electron chi connectivity index (χ0n) is 11.8. The van der Waals surface area contributed by atoms with E-state index >= 15 is 0 Å². The van der Waals surface area contributed by atoms with Gasteiger partial charge in [-0.3, -0.25) is 0 Å². The Bertz CT molecular complexity index is 381. The first-order valence-corrected chi connectivity index (χ1v) is 7.40. The van der Waals surface area contributed by atoms with Crippen LogP contribution in [0.1, 0.15) is 38.2 Å². The summed E-state index contributed by atoms with van der Waals surface area (Å²) in [6.07, 6.45) is 4.82. The maximum atomic E-state index is 9.43. The predicted molar refractivity (Wildman–Crippen MR) is 77.3 cm³/mol. The highest BCUT2D eigenvalue weighted by molar-refractivity contribution is 5.33. The molecule has 2 rings (SSSR count). The quantitative estimate of drug-likeness (QED) is 0.829. The lowest BCUT2D eigenvalue weighted by Crippen LogP contribution is -2.39. The summed E-state index contributed by atoms with van der Waals surface area (Å²) in [4.78, 5) is 0. The predicted octanol–water partition coefficient (Wildman–Crippen LogP) is 2.73. The van der Waals surface area contributed by atoms with Gasteiger partial charge in [0.1, 0.15) is 5.75 Å². The highest BCUT2D eigenvalue weighted by Crippen LogP contribution is 2.25. The van der Waals surface area contributed by atoms with E-state index in [9.17, 15) is 5.11 Å². The fourth-order valence-electron chi connectivity index (χ4n) is 2.88. The number of nitrogens with one attached hydrogen (secondary N) is 1. The molecule has 3 heteroatoms. The van der Waals surface area contributed by atoms with Gasteiger partial charge in [-0.05, 0) is 31.7 Å². The van der Waals surface area contributed by atoms with Crippen LogP contribution in [0.3, 0.4) is 0 Å². The monoisotopic (exact) mass is 263 g/mol. The van der Waals surface area contributed by atoms with Crippen LogP contribution >= 0.6 is 0 Å². The van der Waals surface area contributed by atoms with Crippen molar-refractivity contribution in [3.63, 3.8) is 0 Å². The highest BCUT2D eigenvalue weighted by atomic mass is 16.5. The smallest absolute Gasteiger partial charge is 0.123 e. The average molecular weight is 263 g/mol. The Balaban J connectivity index is 1.93. The van der Waals surface area contributed by atoms with E-state index in [0.717, 1.165) is 18.7 Å². The zero-order chi connectivity index (χ0) is 13.5. The standard InChI is InChI=1S/C16H25NO2/c1-2-19-16-10-6-4-7-13(16)11-17-15-9-5-3-8-14(15)12-18/h4,6-7,10,14-15,17-18H,2-3,5,8-9,11-12H2,1H3. The summed E-state index contributed by atoms with van der Waals surface area (Å²) in [5.41, 5.74) is 1.20. The van der Waals surface area contributed by atoms with E-state index in [1.54, 1.807) is 0 Å². The fourth-order valence-corrected chi connectivity index (χ4v) is 2.88. The van der Waals surface area contributed by atoms with Gasteiger partial charge in [0.2, 0.25) is 0 Å². The molecule has 1 fully saturated rings. The molecule has 3 nitrogen and oxygen atoms in total. The average Bonchev–Trinajstić information content (AvgIpc) is 2.47. The van der Waals surface area contributed by atoms with Gasteiger partial charge >= 0.3 is 0 Å². The molecule has 0 heterocycles. The van der Waals surface area contributed by atoms with E-state index in [4.69, 9.17) is 4.74 Å². The number of ether oxygens (including phenoxy) is 1. The minimum atomic E-state index is 0.296. The van der Waals surface area contributed by atoms with Crippen molar-refractivity contribution in [2.24, 2.45) is 5.92 Å². The molecule has 2 unspecified atom stereocenters. The molecular weight excluding hydrogens is 238 g/mol. The molecule has 1 aromatic rings. The normalized spacial score (nSPS) is 23.3. The molecule has 0 amide bonds. The van der Waals surface area contributed by atoms with Crippen molar-refractivity contribution < 1.29 is 9.84 Å². The summed E-state index contributed by atoms with van der Waals surface area (Å²) in [5.74, 6) is 1.38. The van der Waals surface area contributed by atoms with Crippen molar-refractivity contribution in [2.45, 2.75) is 45.2 Å². The van der Waals surface area contributed by atoms with Crippen molar-refractivity contribution in [3.05, 3.63) is 29.8 Å². The number of para-hydroxylation sites is 1. The van der Waals surface area contributed by atoms with E-state index < -0.39 is 0 Å². The van der Waals surface area contributed by atoms with Crippen molar-refractivity contribution in [2.75, 3.05) is 13.2 Å².